The van der Waals surface area contributed by atoms with Crippen LogP contribution in [-0.4, -0.2) is 36.4 Å². The summed E-state index contributed by atoms with van der Waals surface area (Å²) in [6.45, 7) is 4.82. The molecule has 0 radical (unpaired) electrons. The minimum atomic E-state index is 0. The largest absolute Gasteiger partial charge is 0.357 e. The first kappa shape index (κ1) is 22.5. The average molecular weight is 513 g/mol. The Hall–Kier alpha value is -1.80. The SMILES string of the molecule is CCNC(=NCc1ccccc1Cl)NCC(=O)N1CCc2ccccc2C1.I. The molecule has 1 amide bonds. The molecular formula is C21H26ClIN4O. The van der Waals surface area contributed by atoms with Crippen molar-refractivity contribution in [2.75, 3.05) is 19.6 Å². The van der Waals surface area contributed by atoms with Gasteiger partial charge in [-0.05, 0) is 36.1 Å². The van der Waals surface area contributed by atoms with Gasteiger partial charge >= 0.3 is 0 Å². The second kappa shape index (κ2) is 11.3. The van der Waals surface area contributed by atoms with Crippen LogP contribution < -0.4 is 10.6 Å². The number of nitrogens with one attached hydrogen (secondary N) is 2. The van der Waals surface area contributed by atoms with Gasteiger partial charge in [-0.25, -0.2) is 4.99 Å². The van der Waals surface area contributed by atoms with Crippen LogP contribution in [0.5, 0.6) is 0 Å². The van der Waals surface area contributed by atoms with Gasteiger partial charge in [0.1, 0.15) is 0 Å². The van der Waals surface area contributed by atoms with E-state index >= 15 is 0 Å². The fraction of sp³-hybridized carbons (Fsp3) is 0.333. The van der Waals surface area contributed by atoms with E-state index < -0.39 is 0 Å². The maximum absolute atomic E-state index is 12.6. The second-order valence-corrected chi connectivity index (χ2v) is 6.88. The molecule has 1 aliphatic heterocycles. The first-order chi connectivity index (χ1) is 13.2. The highest BCUT2D eigenvalue weighted by molar-refractivity contribution is 14.0. The van der Waals surface area contributed by atoms with Crippen molar-refractivity contribution in [2.24, 2.45) is 4.99 Å². The molecule has 2 N–H and O–H groups in total. The zero-order valence-electron chi connectivity index (χ0n) is 16.0. The number of aliphatic imine (C=N–C) groups is 1. The fourth-order valence-electron chi connectivity index (χ4n) is 3.11. The topological polar surface area (TPSA) is 56.7 Å². The van der Waals surface area contributed by atoms with Gasteiger partial charge in [-0.15, -0.1) is 24.0 Å². The Morgan fingerprint density at radius 1 is 1.11 bits per heavy atom. The Morgan fingerprint density at radius 2 is 1.82 bits per heavy atom. The lowest BCUT2D eigenvalue weighted by atomic mass is 10.00. The standard InChI is InChI=1S/C21H25ClN4O.HI/c1-2-23-21(24-13-17-8-5-6-10-19(17)22)25-14-20(27)26-12-11-16-7-3-4-9-18(16)15-26;/h3-10H,2,11-15H2,1H3,(H2,23,24,25);1H. The quantitative estimate of drug-likeness (QED) is 0.366. The Morgan fingerprint density at radius 3 is 2.57 bits per heavy atom. The number of hydrogen-bond acceptors (Lipinski definition) is 2. The molecule has 5 nitrogen and oxygen atoms in total. The van der Waals surface area contributed by atoms with E-state index in [0.717, 1.165) is 25.1 Å². The van der Waals surface area contributed by atoms with Crippen molar-refractivity contribution in [2.45, 2.75) is 26.4 Å². The average Bonchev–Trinajstić information content (AvgIpc) is 2.70. The minimum Gasteiger partial charge on any atom is -0.357 e. The summed E-state index contributed by atoms with van der Waals surface area (Å²) in [7, 11) is 0. The zero-order chi connectivity index (χ0) is 19.1. The van der Waals surface area contributed by atoms with Gasteiger partial charge in [0.05, 0.1) is 13.1 Å². The van der Waals surface area contributed by atoms with E-state index in [4.69, 9.17) is 11.6 Å². The summed E-state index contributed by atoms with van der Waals surface area (Å²) in [5.74, 6) is 0.691. The molecule has 0 atom stereocenters. The summed E-state index contributed by atoms with van der Waals surface area (Å²) in [5.41, 5.74) is 3.52. The summed E-state index contributed by atoms with van der Waals surface area (Å²) in [5, 5.41) is 7.00. The predicted octanol–water partition coefficient (Wildman–Crippen LogP) is 3.60. The van der Waals surface area contributed by atoms with Crippen LogP contribution >= 0.6 is 35.6 Å². The van der Waals surface area contributed by atoms with Crippen molar-refractivity contribution in [3.8, 4) is 0 Å². The molecule has 0 saturated carbocycles. The molecule has 150 valence electrons. The molecule has 7 heteroatoms. The van der Waals surface area contributed by atoms with Crippen molar-refractivity contribution in [3.63, 3.8) is 0 Å². The van der Waals surface area contributed by atoms with Crippen LogP contribution in [-0.2, 0) is 24.3 Å². The van der Waals surface area contributed by atoms with Crippen molar-refractivity contribution < 1.29 is 4.79 Å². The molecule has 0 spiro atoms. The molecule has 0 aliphatic carbocycles. The second-order valence-electron chi connectivity index (χ2n) is 6.47. The lowest BCUT2D eigenvalue weighted by molar-refractivity contribution is -0.130. The number of nitrogens with zero attached hydrogens (tertiary/aromatic N) is 2. The van der Waals surface area contributed by atoms with Crippen molar-refractivity contribution >= 4 is 47.4 Å². The molecular weight excluding hydrogens is 487 g/mol. The molecule has 3 rings (SSSR count). The smallest absolute Gasteiger partial charge is 0.242 e. The summed E-state index contributed by atoms with van der Waals surface area (Å²) in [6.07, 6.45) is 0.905. The van der Waals surface area contributed by atoms with Gasteiger partial charge < -0.3 is 15.5 Å². The van der Waals surface area contributed by atoms with Crippen LogP contribution in [0.2, 0.25) is 5.02 Å². The van der Waals surface area contributed by atoms with E-state index in [9.17, 15) is 4.79 Å². The van der Waals surface area contributed by atoms with E-state index in [2.05, 4.69) is 33.8 Å². The van der Waals surface area contributed by atoms with Crippen LogP contribution in [0.15, 0.2) is 53.5 Å². The molecule has 1 heterocycles. The molecule has 0 aromatic heterocycles. The first-order valence-electron chi connectivity index (χ1n) is 9.27. The lowest BCUT2D eigenvalue weighted by Crippen LogP contribution is -2.45. The summed E-state index contributed by atoms with van der Waals surface area (Å²) in [6, 6.07) is 15.9. The summed E-state index contributed by atoms with van der Waals surface area (Å²) in [4.78, 5) is 19.0. The van der Waals surface area contributed by atoms with Gasteiger partial charge in [0.15, 0.2) is 5.96 Å². The van der Waals surface area contributed by atoms with E-state index in [1.807, 2.05) is 42.2 Å². The Balaban J connectivity index is 0.00000280. The van der Waals surface area contributed by atoms with Gasteiger partial charge in [-0.1, -0.05) is 54.1 Å². The predicted molar refractivity (Wildman–Crippen MR) is 125 cm³/mol. The van der Waals surface area contributed by atoms with Crippen LogP contribution in [0.4, 0.5) is 0 Å². The van der Waals surface area contributed by atoms with Gasteiger partial charge in [-0.2, -0.15) is 0 Å². The van der Waals surface area contributed by atoms with Gasteiger partial charge in [-0.3, -0.25) is 4.79 Å². The number of hydrogen-bond donors (Lipinski definition) is 2. The Bertz CT molecular complexity index is 828. The van der Waals surface area contributed by atoms with Crippen LogP contribution in [0.3, 0.4) is 0 Å². The van der Waals surface area contributed by atoms with Gasteiger partial charge in [0.2, 0.25) is 5.91 Å². The molecule has 0 saturated heterocycles. The third-order valence-electron chi connectivity index (χ3n) is 4.60. The minimum absolute atomic E-state index is 0. The number of carbonyl (C=O) groups excluding carboxylic acids is 1. The highest BCUT2D eigenvalue weighted by Gasteiger charge is 2.20. The molecule has 28 heavy (non-hydrogen) atoms. The molecule has 0 unspecified atom stereocenters. The Kier molecular flexibility index (Phi) is 9.05. The number of benzene rings is 2. The van der Waals surface area contributed by atoms with Crippen molar-refractivity contribution in [1.82, 2.24) is 15.5 Å². The molecule has 0 fully saturated rings. The maximum atomic E-state index is 12.6. The number of guanidine groups is 1. The lowest BCUT2D eigenvalue weighted by Gasteiger charge is -2.29. The highest BCUT2D eigenvalue weighted by Crippen LogP contribution is 2.18. The van der Waals surface area contributed by atoms with Gasteiger partial charge in [0, 0.05) is 24.7 Å². The van der Waals surface area contributed by atoms with Crippen molar-refractivity contribution in [3.05, 3.63) is 70.2 Å². The third kappa shape index (κ3) is 6.10. The number of halogens is 2. The molecule has 1 aliphatic rings. The van der Waals surface area contributed by atoms with E-state index in [1.54, 1.807) is 0 Å². The van der Waals surface area contributed by atoms with Crippen LogP contribution in [0.25, 0.3) is 0 Å². The number of rotatable bonds is 5. The summed E-state index contributed by atoms with van der Waals surface area (Å²) < 4.78 is 0. The monoisotopic (exact) mass is 512 g/mol. The van der Waals surface area contributed by atoms with Crippen molar-refractivity contribution in [1.29, 1.82) is 0 Å². The van der Waals surface area contributed by atoms with Crippen LogP contribution in [0.1, 0.15) is 23.6 Å². The molecule has 0 bridgehead atoms. The first-order valence-corrected chi connectivity index (χ1v) is 9.65. The molecule has 2 aromatic rings. The number of carbonyl (C=O) groups is 1. The maximum Gasteiger partial charge on any atom is 0.242 e. The number of fused-ring (bicyclic) bond motifs is 1. The summed E-state index contributed by atoms with van der Waals surface area (Å²) >= 11 is 6.18. The van der Waals surface area contributed by atoms with Gasteiger partial charge in [0.25, 0.3) is 0 Å². The Labute approximate surface area is 188 Å². The van der Waals surface area contributed by atoms with E-state index in [1.165, 1.54) is 11.1 Å². The number of amides is 1. The van der Waals surface area contributed by atoms with E-state index in [0.29, 0.717) is 24.1 Å². The van der Waals surface area contributed by atoms with E-state index in [-0.39, 0.29) is 36.4 Å². The third-order valence-corrected chi connectivity index (χ3v) is 4.97. The molecule has 2 aromatic carbocycles. The zero-order valence-corrected chi connectivity index (χ0v) is 19.0. The normalized spacial score (nSPS) is 13.4. The fourth-order valence-corrected chi connectivity index (χ4v) is 3.31. The highest BCUT2D eigenvalue weighted by atomic mass is 127. The van der Waals surface area contributed by atoms with Crippen LogP contribution in [0, 0.1) is 0 Å².